The van der Waals surface area contributed by atoms with Gasteiger partial charge in [-0.05, 0) is 25.4 Å². The Morgan fingerprint density at radius 3 is 2.80 bits per heavy atom. The van der Waals surface area contributed by atoms with Crippen LogP contribution in [-0.2, 0) is 0 Å². The summed E-state index contributed by atoms with van der Waals surface area (Å²) in [5.74, 6) is 1.34. The number of hydrogen-bond donors (Lipinski definition) is 2. The fourth-order valence-electron chi connectivity index (χ4n) is 1.53. The summed E-state index contributed by atoms with van der Waals surface area (Å²) >= 11 is 5.68. The van der Waals surface area contributed by atoms with Gasteiger partial charge in [-0.1, -0.05) is 11.6 Å². The first-order valence-corrected chi connectivity index (χ1v) is 5.14. The molecule has 84 valence electrons. The Labute approximate surface area is 100 Å². The molecular formula is C9H14Cl2N4. The lowest BCUT2D eigenvalue weighted by Crippen LogP contribution is -2.18. The molecule has 0 saturated carbocycles. The molecule has 0 aliphatic carbocycles. The number of nitrogens with one attached hydrogen (secondary N) is 2. The van der Waals surface area contributed by atoms with Crippen molar-refractivity contribution in [1.29, 1.82) is 0 Å². The van der Waals surface area contributed by atoms with Crippen LogP contribution < -0.4 is 10.6 Å². The van der Waals surface area contributed by atoms with Crippen molar-refractivity contribution in [2.45, 2.75) is 6.42 Å². The van der Waals surface area contributed by atoms with Crippen LogP contribution in [0.4, 0.5) is 5.95 Å². The number of hydrogen-bond acceptors (Lipinski definition) is 4. The van der Waals surface area contributed by atoms with E-state index >= 15 is 0 Å². The summed E-state index contributed by atoms with van der Waals surface area (Å²) in [6.07, 6.45) is 4.42. The monoisotopic (exact) mass is 248 g/mol. The van der Waals surface area contributed by atoms with Crippen LogP contribution >= 0.6 is 24.0 Å². The minimum atomic E-state index is 0. The zero-order valence-corrected chi connectivity index (χ0v) is 9.81. The fraction of sp³-hybridized carbons (Fsp3) is 0.556. The third-order valence-corrected chi connectivity index (χ3v) is 2.53. The van der Waals surface area contributed by atoms with Gasteiger partial charge in [-0.25, -0.2) is 9.97 Å². The summed E-state index contributed by atoms with van der Waals surface area (Å²) in [7, 11) is 0. The third-order valence-electron chi connectivity index (χ3n) is 2.33. The predicted octanol–water partition coefficient (Wildman–Crippen LogP) is 1.57. The van der Waals surface area contributed by atoms with Gasteiger partial charge in [-0.15, -0.1) is 12.4 Å². The van der Waals surface area contributed by atoms with Gasteiger partial charge in [-0.3, -0.25) is 0 Å². The van der Waals surface area contributed by atoms with E-state index < -0.39 is 0 Å². The van der Waals surface area contributed by atoms with Crippen molar-refractivity contribution in [2.24, 2.45) is 5.92 Å². The molecular weight excluding hydrogens is 235 g/mol. The summed E-state index contributed by atoms with van der Waals surface area (Å²) < 4.78 is 0. The molecule has 1 aromatic rings. The van der Waals surface area contributed by atoms with Gasteiger partial charge in [0.25, 0.3) is 0 Å². The molecule has 4 nitrogen and oxygen atoms in total. The second kappa shape index (κ2) is 6.10. The molecule has 1 aromatic heterocycles. The van der Waals surface area contributed by atoms with Gasteiger partial charge in [0, 0.05) is 6.54 Å². The molecule has 1 saturated heterocycles. The van der Waals surface area contributed by atoms with Crippen LogP contribution in [0, 0.1) is 5.92 Å². The van der Waals surface area contributed by atoms with Crippen LogP contribution in [0.2, 0.25) is 5.02 Å². The molecule has 0 bridgehead atoms. The first kappa shape index (κ1) is 12.5. The molecule has 0 aromatic carbocycles. The zero-order valence-electron chi connectivity index (χ0n) is 8.24. The van der Waals surface area contributed by atoms with Gasteiger partial charge in [0.05, 0.1) is 17.4 Å². The maximum Gasteiger partial charge on any atom is 0.222 e. The Hall–Kier alpha value is -0.580. The average Bonchev–Trinajstić information content (AvgIpc) is 2.70. The van der Waals surface area contributed by atoms with E-state index in [1.54, 1.807) is 12.4 Å². The van der Waals surface area contributed by atoms with Crippen LogP contribution in [0.25, 0.3) is 0 Å². The lowest BCUT2D eigenvalue weighted by molar-refractivity contribution is 0.613. The van der Waals surface area contributed by atoms with Crippen molar-refractivity contribution >= 4 is 30.0 Å². The Bertz CT molecular complexity index is 285. The zero-order chi connectivity index (χ0) is 9.80. The molecule has 6 heteroatoms. The molecule has 2 heterocycles. The predicted molar refractivity (Wildman–Crippen MR) is 63.8 cm³/mol. The van der Waals surface area contributed by atoms with Crippen LogP contribution in [-0.4, -0.2) is 29.6 Å². The second-order valence-corrected chi connectivity index (χ2v) is 3.90. The van der Waals surface area contributed by atoms with Crippen molar-refractivity contribution in [3.63, 3.8) is 0 Å². The van der Waals surface area contributed by atoms with E-state index in [9.17, 15) is 0 Å². The Balaban J connectivity index is 0.00000112. The molecule has 2 N–H and O–H groups in total. The molecule has 1 aliphatic rings. The van der Waals surface area contributed by atoms with Crippen LogP contribution in [0.5, 0.6) is 0 Å². The minimum Gasteiger partial charge on any atom is -0.354 e. The summed E-state index contributed by atoms with van der Waals surface area (Å²) in [4.78, 5) is 8.13. The maximum absolute atomic E-state index is 5.68. The number of nitrogens with zero attached hydrogens (tertiary/aromatic N) is 2. The van der Waals surface area contributed by atoms with Crippen molar-refractivity contribution in [3.8, 4) is 0 Å². The van der Waals surface area contributed by atoms with E-state index in [0.29, 0.717) is 16.9 Å². The Morgan fingerprint density at radius 1 is 1.47 bits per heavy atom. The van der Waals surface area contributed by atoms with Gasteiger partial charge >= 0.3 is 0 Å². The number of anilines is 1. The van der Waals surface area contributed by atoms with E-state index in [0.717, 1.165) is 19.6 Å². The smallest absolute Gasteiger partial charge is 0.222 e. The maximum atomic E-state index is 5.68. The standard InChI is InChI=1S/C9H13ClN4.ClH/c10-8-5-13-9(14-6-8)12-4-7-1-2-11-3-7;/h5-7,11H,1-4H2,(H,12,13,14);1H. The normalized spacial score (nSPS) is 19.7. The number of aromatic nitrogens is 2. The van der Waals surface area contributed by atoms with Crippen LogP contribution in [0.15, 0.2) is 12.4 Å². The summed E-state index contributed by atoms with van der Waals surface area (Å²) in [5, 5.41) is 7.08. The molecule has 0 amide bonds. The summed E-state index contributed by atoms with van der Waals surface area (Å²) in [5.41, 5.74) is 0. The summed E-state index contributed by atoms with van der Waals surface area (Å²) in [6.45, 7) is 3.13. The van der Waals surface area contributed by atoms with Crippen molar-refractivity contribution in [3.05, 3.63) is 17.4 Å². The molecule has 1 aliphatic heterocycles. The average molecular weight is 249 g/mol. The van der Waals surface area contributed by atoms with Gasteiger partial charge < -0.3 is 10.6 Å². The van der Waals surface area contributed by atoms with E-state index in [2.05, 4.69) is 20.6 Å². The minimum absolute atomic E-state index is 0. The molecule has 0 radical (unpaired) electrons. The lowest BCUT2D eigenvalue weighted by Gasteiger charge is -2.09. The van der Waals surface area contributed by atoms with Crippen LogP contribution in [0.1, 0.15) is 6.42 Å². The highest BCUT2D eigenvalue weighted by atomic mass is 35.5. The highest BCUT2D eigenvalue weighted by molar-refractivity contribution is 6.30. The fourth-order valence-corrected chi connectivity index (χ4v) is 1.63. The van der Waals surface area contributed by atoms with E-state index in [4.69, 9.17) is 11.6 Å². The van der Waals surface area contributed by atoms with Crippen molar-refractivity contribution in [2.75, 3.05) is 25.0 Å². The molecule has 1 atom stereocenters. The van der Waals surface area contributed by atoms with Gasteiger partial charge in [0.15, 0.2) is 0 Å². The lowest BCUT2D eigenvalue weighted by atomic mass is 10.1. The largest absolute Gasteiger partial charge is 0.354 e. The van der Waals surface area contributed by atoms with Gasteiger partial charge in [-0.2, -0.15) is 0 Å². The van der Waals surface area contributed by atoms with Crippen molar-refractivity contribution in [1.82, 2.24) is 15.3 Å². The topological polar surface area (TPSA) is 49.8 Å². The van der Waals surface area contributed by atoms with Gasteiger partial charge in [0.1, 0.15) is 0 Å². The second-order valence-electron chi connectivity index (χ2n) is 3.46. The highest BCUT2D eigenvalue weighted by Crippen LogP contribution is 2.09. The number of halogens is 2. The quantitative estimate of drug-likeness (QED) is 0.853. The molecule has 0 spiro atoms. The third kappa shape index (κ3) is 3.81. The Morgan fingerprint density at radius 2 is 2.20 bits per heavy atom. The van der Waals surface area contributed by atoms with Crippen molar-refractivity contribution < 1.29 is 0 Å². The Kier molecular flexibility index (Phi) is 5.08. The van der Waals surface area contributed by atoms with Gasteiger partial charge in [0.2, 0.25) is 5.95 Å². The highest BCUT2D eigenvalue weighted by Gasteiger charge is 2.13. The molecule has 2 rings (SSSR count). The first-order valence-electron chi connectivity index (χ1n) is 4.77. The molecule has 15 heavy (non-hydrogen) atoms. The number of rotatable bonds is 3. The van der Waals surface area contributed by atoms with E-state index in [1.807, 2.05) is 0 Å². The SMILES string of the molecule is Cl.Clc1cnc(NCC2CCNC2)nc1. The van der Waals surface area contributed by atoms with Crippen LogP contribution in [0.3, 0.4) is 0 Å². The van der Waals surface area contributed by atoms with E-state index in [1.165, 1.54) is 6.42 Å². The molecule has 1 unspecified atom stereocenters. The van der Waals surface area contributed by atoms with E-state index in [-0.39, 0.29) is 12.4 Å². The molecule has 1 fully saturated rings. The summed E-state index contributed by atoms with van der Waals surface area (Å²) in [6, 6.07) is 0. The first-order chi connectivity index (χ1) is 6.84.